The lowest BCUT2D eigenvalue weighted by Gasteiger charge is -2.22. The maximum atomic E-state index is 3.78. The highest BCUT2D eigenvalue weighted by Gasteiger charge is 2.15. The zero-order valence-corrected chi connectivity index (χ0v) is 7.30. The third-order valence-corrected chi connectivity index (χ3v) is 4.54. The Morgan fingerprint density at radius 1 is 1.44 bits per heavy atom. The van der Waals surface area contributed by atoms with Gasteiger partial charge >= 0.3 is 0 Å². The molecule has 2 atom stereocenters. The maximum Gasteiger partial charge on any atom is 0.0315 e. The molecule has 0 spiro atoms. The average molecular weight is 160 g/mol. The van der Waals surface area contributed by atoms with Crippen molar-refractivity contribution in [1.29, 1.82) is 0 Å². The number of hydrogen-bond acceptors (Lipinski definition) is 2. The van der Waals surface area contributed by atoms with Crippen molar-refractivity contribution >= 4 is 23.5 Å². The third kappa shape index (κ3) is 2.26. The van der Waals surface area contributed by atoms with Crippen molar-refractivity contribution in [1.82, 2.24) is 0 Å². The van der Waals surface area contributed by atoms with Gasteiger partial charge in [0.1, 0.15) is 0 Å². The smallest absolute Gasteiger partial charge is 0.0315 e. The lowest BCUT2D eigenvalue weighted by molar-refractivity contribution is 1.09. The van der Waals surface area contributed by atoms with Crippen LogP contribution in [0.15, 0.2) is 12.7 Å². The van der Waals surface area contributed by atoms with E-state index in [1.165, 1.54) is 11.5 Å². The molecule has 0 aromatic carbocycles. The molecule has 1 saturated heterocycles. The van der Waals surface area contributed by atoms with Gasteiger partial charge < -0.3 is 0 Å². The van der Waals surface area contributed by atoms with Crippen molar-refractivity contribution in [3.8, 4) is 0 Å². The van der Waals surface area contributed by atoms with Gasteiger partial charge in [-0.15, -0.1) is 6.58 Å². The van der Waals surface area contributed by atoms with Crippen molar-refractivity contribution < 1.29 is 0 Å². The topological polar surface area (TPSA) is 0 Å². The molecule has 0 aromatic heterocycles. The summed E-state index contributed by atoms with van der Waals surface area (Å²) >= 11 is 4.09. The number of thioether (sulfide) groups is 2. The van der Waals surface area contributed by atoms with Gasteiger partial charge in [-0.05, 0) is 0 Å². The van der Waals surface area contributed by atoms with Gasteiger partial charge in [0.2, 0.25) is 0 Å². The van der Waals surface area contributed by atoms with Crippen molar-refractivity contribution in [3.63, 3.8) is 0 Å². The summed E-state index contributed by atoms with van der Waals surface area (Å²) in [6.07, 6.45) is 2.06. The predicted molar refractivity (Wildman–Crippen MR) is 48.4 cm³/mol. The Balaban J connectivity index is 2.26. The summed E-state index contributed by atoms with van der Waals surface area (Å²) in [5.41, 5.74) is 0. The Morgan fingerprint density at radius 3 is 2.67 bits per heavy atom. The molecular weight excluding hydrogens is 148 g/mol. The van der Waals surface area contributed by atoms with Crippen LogP contribution >= 0.6 is 23.5 Å². The Bertz CT molecular complexity index is 93.1. The van der Waals surface area contributed by atoms with E-state index in [0.717, 1.165) is 5.25 Å². The second kappa shape index (κ2) is 3.57. The molecule has 1 heterocycles. The SMILES string of the molecule is C=CC1CSC(C)CS1. The fourth-order valence-corrected chi connectivity index (χ4v) is 3.30. The molecule has 1 aliphatic rings. The van der Waals surface area contributed by atoms with E-state index in [9.17, 15) is 0 Å². The van der Waals surface area contributed by atoms with E-state index in [0.29, 0.717) is 5.25 Å². The Kier molecular flexibility index (Phi) is 2.99. The summed E-state index contributed by atoms with van der Waals surface area (Å²) in [7, 11) is 0. The first-order valence-electron chi connectivity index (χ1n) is 3.18. The molecule has 1 fully saturated rings. The molecule has 2 unspecified atom stereocenters. The molecule has 52 valence electrons. The van der Waals surface area contributed by atoms with Crippen molar-refractivity contribution in [2.24, 2.45) is 0 Å². The molecular formula is C7H12S2. The molecule has 9 heavy (non-hydrogen) atoms. The molecule has 0 aromatic rings. The van der Waals surface area contributed by atoms with E-state index in [1.54, 1.807) is 0 Å². The largest absolute Gasteiger partial charge is 0.157 e. The van der Waals surface area contributed by atoms with Gasteiger partial charge in [0.05, 0.1) is 0 Å². The van der Waals surface area contributed by atoms with Crippen LogP contribution < -0.4 is 0 Å². The van der Waals surface area contributed by atoms with Crippen LogP contribution in [-0.4, -0.2) is 22.0 Å². The van der Waals surface area contributed by atoms with Crippen LogP contribution in [0.25, 0.3) is 0 Å². The summed E-state index contributed by atoms with van der Waals surface area (Å²) in [5.74, 6) is 2.55. The van der Waals surface area contributed by atoms with E-state index in [1.807, 2.05) is 11.8 Å². The highest BCUT2D eigenvalue weighted by atomic mass is 32.2. The Morgan fingerprint density at radius 2 is 2.22 bits per heavy atom. The molecule has 0 radical (unpaired) electrons. The van der Waals surface area contributed by atoms with Crippen LogP contribution in [0.4, 0.5) is 0 Å². The van der Waals surface area contributed by atoms with Crippen molar-refractivity contribution in [2.45, 2.75) is 17.4 Å². The van der Waals surface area contributed by atoms with Crippen LogP contribution in [0.5, 0.6) is 0 Å². The minimum absolute atomic E-state index is 0.714. The Labute approximate surface area is 65.5 Å². The third-order valence-electron chi connectivity index (χ3n) is 1.35. The summed E-state index contributed by atoms with van der Waals surface area (Å²) in [4.78, 5) is 0. The molecule has 0 aliphatic carbocycles. The van der Waals surface area contributed by atoms with E-state index in [2.05, 4.69) is 31.3 Å². The van der Waals surface area contributed by atoms with Crippen molar-refractivity contribution in [3.05, 3.63) is 12.7 Å². The molecule has 0 N–H and O–H groups in total. The van der Waals surface area contributed by atoms with Crippen LogP contribution in [0.2, 0.25) is 0 Å². The monoisotopic (exact) mass is 160 g/mol. The van der Waals surface area contributed by atoms with Gasteiger partial charge in [-0.1, -0.05) is 13.0 Å². The molecule has 0 nitrogen and oxygen atoms in total. The van der Waals surface area contributed by atoms with Crippen molar-refractivity contribution in [2.75, 3.05) is 11.5 Å². The van der Waals surface area contributed by atoms with Crippen LogP contribution in [0.3, 0.4) is 0 Å². The maximum absolute atomic E-state index is 3.78. The van der Waals surface area contributed by atoms with E-state index < -0.39 is 0 Å². The average Bonchev–Trinajstić information content (AvgIpc) is 1.90. The summed E-state index contributed by atoms with van der Waals surface area (Å²) < 4.78 is 0. The standard InChI is InChI=1S/C7H12S2/c1-3-7-5-8-6(2)4-9-7/h3,6-7H,1,4-5H2,2H3. The molecule has 0 bridgehead atoms. The minimum atomic E-state index is 0.714. The van der Waals surface area contributed by atoms with Crippen LogP contribution in [-0.2, 0) is 0 Å². The normalized spacial score (nSPS) is 36.1. The first-order chi connectivity index (χ1) is 4.33. The second-order valence-corrected chi connectivity index (χ2v) is 5.00. The lowest BCUT2D eigenvalue weighted by atomic mass is 10.5. The second-order valence-electron chi connectivity index (χ2n) is 2.25. The minimum Gasteiger partial charge on any atom is -0.157 e. The summed E-state index contributed by atoms with van der Waals surface area (Å²) in [5, 5.41) is 1.57. The number of rotatable bonds is 1. The Hall–Kier alpha value is 0.440. The first-order valence-corrected chi connectivity index (χ1v) is 5.28. The zero-order valence-electron chi connectivity index (χ0n) is 5.67. The quantitative estimate of drug-likeness (QED) is 0.540. The number of hydrogen-bond donors (Lipinski definition) is 0. The van der Waals surface area contributed by atoms with E-state index in [-0.39, 0.29) is 0 Å². The molecule has 2 heteroatoms. The van der Waals surface area contributed by atoms with Gasteiger partial charge in [0.15, 0.2) is 0 Å². The zero-order chi connectivity index (χ0) is 6.69. The first kappa shape index (κ1) is 7.55. The molecule has 1 aliphatic heterocycles. The van der Waals surface area contributed by atoms with Gasteiger partial charge in [0.25, 0.3) is 0 Å². The highest BCUT2D eigenvalue weighted by molar-refractivity contribution is 8.07. The fraction of sp³-hybridized carbons (Fsp3) is 0.714. The van der Waals surface area contributed by atoms with Crippen LogP contribution in [0.1, 0.15) is 6.92 Å². The molecule has 1 rings (SSSR count). The van der Waals surface area contributed by atoms with Gasteiger partial charge in [-0.25, -0.2) is 0 Å². The van der Waals surface area contributed by atoms with E-state index >= 15 is 0 Å². The lowest BCUT2D eigenvalue weighted by Crippen LogP contribution is -2.16. The van der Waals surface area contributed by atoms with E-state index in [4.69, 9.17) is 0 Å². The van der Waals surface area contributed by atoms with Crippen LogP contribution in [0, 0.1) is 0 Å². The summed E-state index contributed by atoms with van der Waals surface area (Å²) in [6, 6.07) is 0. The van der Waals surface area contributed by atoms with Gasteiger partial charge in [-0.2, -0.15) is 23.5 Å². The molecule has 0 saturated carbocycles. The predicted octanol–water partition coefficient (Wildman–Crippen LogP) is 2.41. The highest BCUT2D eigenvalue weighted by Crippen LogP contribution is 2.29. The molecule has 0 amide bonds. The van der Waals surface area contributed by atoms with Gasteiger partial charge in [0, 0.05) is 22.0 Å². The summed E-state index contributed by atoms with van der Waals surface area (Å²) in [6.45, 7) is 6.06. The van der Waals surface area contributed by atoms with Gasteiger partial charge in [-0.3, -0.25) is 0 Å². The fourth-order valence-electron chi connectivity index (χ4n) is 0.751.